The summed E-state index contributed by atoms with van der Waals surface area (Å²) in [6.07, 6.45) is 0. The summed E-state index contributed by atoms with van der Waals surface area (Å²) in [4.78, 5) is 12.0. The highest BCUT2D eigenvalue weighted by Gasteiger charge is 2.04. The summed E-state index contributed by atoms with van der Waals surface area (Å²) in [5, 5.41) is 9.05. The molecule has 3 nitrogen and oxygen atoms in total. The van der Waals surface area contributed by atoms with Crippen molar-refractivity contribution in [2.75, 3.05) is 11.9 Å². The summed E-state index contributed by atoms with van der Waals surface area (Å²) in [5.74, 6) is -0.0483. The smallest absolute Gasteiger partial charge is 0.239 e. The van der Waals surface area contributed by atoms with E-state index in [1.807, 2.05) is 54.6 Å². The van der Waals surface area contributed by atoms with Gasteiger partial charge in [0.2, 0.25) is 5.91 Å². The largest absolute Gasteiger partial charge is 0.376 e. The Morgan fingerprint density at radius 2 is 1.65 bits per heavy atom. The number of carbonyl (C=O) groups is 1. The van der Waals surface area contributed by atoms with E-state index in [0.29, 0.717) is 11.6 Å². The number of carbonyl (C=O) groups excluding carboxylic acids is 1. The first-order valence-corrected chi connectivity index (χ1v) is 7.83. The molecular weight excluding hydrogens is 308 g/mol. The molecule has 4 heteroatoms. The van der Waals surface area contributed by atoms with Crippen molar-refractivity contribution in [1.29, 1.82) is 0 Å². The van der Waals surface area contributed by atoms with Gasteiger partial charge >= 0.3 is 0 Å². The zero-order valence-corrected chi connectivity index (χ0v) is 13.3. The van der Waals surface area contributed by atoms with Crippen molar-refractivity contribution in [3.8, 4) is 0 Å². The molecule has 0 aromatic heterocycles. The van der Waals surface area contributed by atoms with Gasteiger partial charge in [-0.3, -0.25) is 4.79 Å². The Morgan fingerprint density at radius 3 is 2.48 bits per heavy atom. The molecule has 0 saturated carbocycles. The molecule has 0 aliphatic rings. The lowest BCUT2D eigenvalue weighted by atomic mass is 10.1. The first-order chi connectivity index (χ1) is 11.2. The zero-order valence-electron chi connectivity index (χ0n) is 12.6. The van der Waals surface area contributed by atoms with Crippen LogP contribution in [0.1, 0.15) is 5.56 Å². The molecule has 3 aromatic carbocycles. The SMILES string of the molecule is O=C(CNc1cccc2ccccc12)NCc1ccc(Cl)cc1. The second-order valence-electron chi connectivity index (χ2n) is 5.28. The maximum atomic E-state index is 12.0. The van der Waals surface area contributed by atoms with Crippen molar-refractivity contribution in [1.82, 2.24) is 5.32 Å². The Bertz CT molecular complexity index is 810. The summed E-state index contributed by atoms with van der Waals surface area (Å²) < 4.78 is 0. The first kappa shape index (κ1) is 15.4. The van der Waals surface area contributed by atoms with E-state index in [0.717, 1.165) is 22.0 Å². The number of halogens is 1. The summed E-state index contributed by atoms with van der Waals surface area (Å²) >= 11 is 5.84. The summed E-state index contributed by atoms with van der Waals surface area (Å²) in [6.45, 7) is 0.731. The van der Waals surface area contributed by atoms with Crippen LogP contribution in [0, 0.1) is 0 Å². The maximum Gasteiger partial charge on any atom is 0.239 e. The molecule has 0 heterocycles. The summed E-state index contributed by atoms with van der Waals surface area (Å²) in [5.41, 5.74) is 1.98. The minimum atomic E-state index is -0.0483. The molecule has 0 atom stereocenters. The molecule has 0 fully saturated rings. The fourth-order valence-electron chi connectivity index (χ4n) is 2.42. The van der Waals surface area contributed by atoms with Gasteiger partial charge in [-0.05, 0) is 29.1 Å². The second-order valence-corrected chi connectivity index (χ2v) is 5.72. The van der Waals surface area contributed by atoms with Crippen LogP contribution in [-0.4, -0.2) is 12.5 Å². The predicted molar refractivity (Wildman–Crippen MR) is 95.7 cm³/mol. The lowest BCUT2D eigenvalue weighted by Gasteiger charge is -2.10. The van der Waals surface area contributed by atoms with Crippen LogP contribution in [0.2, 0.25) is 5.02 Å². The Balaban J connectivity index is 1.57. The fourth-order valence-corrected chi connectivity index (χ4v) is 2.55. The van der Waals surface area contributed by atoms with E-state index in [4.69, 9.17) is 11.6 Å². The van der Waals surface area contributed by atoms with Crippen molar-refractivity contribution >= 4 is 34.0 Å². The maximum absolute atomic E-state index is 12.0. The van der Waals surface area contributed by atoms with Crippen molar-refractivity contribution < 1.29 is 4.79 Å². The van der Waals surface area contributed by atoms with Crippen LogP contribution in [-0.2, 0) is 11.3 Å². The number of hydrogen-bond acceptors (Lipinski definition) is 2. The Labute approximate surface area is 140 Å². The number of amides is 1. The van der Waals surface area contributed by atoms with Crippen molar-refractivity contribution in [3.63, 3.8) is 0 Å². The fraction of sp³-hybridized carbons (Fsp3) is 0.105. The van der Waals surface area contributed by atoms with Gasteiger partial charge in [-0.15, -0.1) is 0 Å². The molecule has 0 unspecified atom stereocenters. The van der Waals surface area contributed by atoms with Crippen LogP contribution >= 0.6 is 11.6 Å². The molecule has 3 aromatic rings. The molecule has 23 heavy (non-hydrogen) atoms. The van der Waals surface area contributed by atoms with Crippen LogP contribution in [0.15, 0.2) is 66.7 Å². The van der Waals surface area contributed by atoms with Gasteiger partial charge in [0, 0.05) is 22.6 Å². The lowest BCUT2D eigenvalue weighted by Crippen LogP contribution is -2.29. The number of fused-ring (bicyclic) bond motifs is 1. The molecule has 0 saturated heterocycles. The van der Waals surface area contributed by atoms with Crippen LogP contribution in [0.25, 0.3) is 10.8 Å². The third-order valence-corrected chi connectivity index (χ3v) is 3.88. The molecule has 0 aliphatic heterocycles. The monoisotopic (exact) mass is 324 g/mol. The van der Waals surface area contributed by atoms with E-state index in [1.165, 1.54) is 0 Å². The van der Waals surface area contributed by atoms with E-state index in [1.54, 1.807) is 0 Å². The third-order valence-electron chi connectivity index (χ3n) is 3.63. The van der Waals surface area contributed by atoms with Gasteiger partial charge in [-0.2, -0.15) is 0 Å². The van der Waals surface area contributed by atoms with Crippen LogP contribution in [0.3, 0.4) is 0 Å². The van der Waals surface area contributed by atoms with Gasteiger partial charge in [0.05, 0.1) is 6.54 Å². The van der Waals surface area contributed by atoms with E-state index in [-0.39, 0.29) is 12.5 Å². The van der Waals surface area contributed by atoms with Crippen LogP contribution < -0.4 is 10.6 Å². The van der Waals surface area contributed by atoms with Gasteiger partial charge < -0.3 is 10.6 Å². The van der Waals surface area contributed by atoms with Crippen LogP contribution in [0.5, 0.6) is 0 Å². The molecule has 3 rings (SSSR count). The highest BCUT2D eigenvalue weighted by Crippen LogP contribution is 2.22. The Kier molecular flexibility index (Phi) is 4.79. The number of anilines is 1. The first-order valence-electron chi connectivity index (χ1n) is 7.45. The quantitative estimate of drug-likeness (QED) is 0.737. The molecule has 1 amide bonds. The van der Waals surface area contributed by atoms with Crippen LogP contribution in [0.4, 0.5) is 5.69 Å². The van der Waals surface area contributed by atoms with E-state index < -0.39 is 0 Å². The molecular formula is C19H17ClN2O. The molecule has 116 valence electrons. The van der Waals surface area contributed by atoms with Gasteiger partial charge in [0.25, 0.3) is 0 Å². The molecule has 0 radical (unpaired) electrons. The Morgan fingerprint density at radius 1 is 0.913 bits per heavy atom. The van der Waals surface area contributed by atoms with E-state index in [2.05, 4.69) is 22.8 Å². The standard InChI is InChI=1S/C19H17ClN2O/c20-16-10-8-14(9-11-16)12-22-19(23)13-21-18-7-3-5-15-4-1-2-6-17(15)18/h1-11,21H,12-13H2,(H,22,23). The van der Waals surface area contributed by atoms with E-state index in [9.17, 15) is 4.79 Å². The van der Waals surface area contributed by atoms with Crippen molar-refractivity contribution in [2.45, 2.75) is 6.54 Å². The highest BCUT2D eigenvalue weighted by atomic mass is 35.5. The van der Waals surface area contributed by atoms with Crippen molar-refractivity contribution in [2.24, 2.45) is 0 Å². The van der Waals surface area contributed by atoms with Gasteiger partial charge in [0.15, 0.2) is 0 Å². The number of benzene rings is 3. The predicted octanol–water partition coefficient (Wildman–Crippen LogP) is 4.22. The topological polar surface area (TPSA) is 41.1 Å². The average molecular weight is 325 g/mol. The lowest BCUT2D eigenvalue weighted by molar-refractivity contribution is -0.119. The van der Waals surface area contributed by atoms with Crippen molar-refractivity contribution in [3.05, 3.63) is 77.3 Å². The Hall–Kier alpha value is -2.52. The molecule has 0 spiro atoms. The normalized spacial score (nSPS) is 10.5. The molecule has 0 aliphatic carbocycles. The molecule has 2 N–H and O–H groups in total. The highest BCUT2D eigenvalue weighted by molar-refractivity contribution is 6.30. The zero-order chi connectivity index (χ0) is 16.1. The second kappa shape index (κ2) is 7.16. The van der Waals surface area contributed by atoms with Gasteiger partial charge in [-0.1, -0.05) is 60.1 Å². The summed E-state index contributed by atoms with van der Waals surface area (Å²) in [6, 6.07) is 21.6. The number of nitrogens with one attached hydrogen (secondary N) is 2. The third kappa shape index (κ3) is 4.02. The van der Waals surface area contributed by atoms with Gasteiger partial charge in [-0.25, -0.2) is 0 Å². The minimum absolute atomic E-state index is 0.0483. The molecule has 0 bridgehead atoms. The number of hydrogen-bond donors (Lipinski definition) is 2. The minimum Gasteiger partial charge on any atom is -0.376 e. The summed E-state index contributed by atoms with van der Waals surface area (Å²) in [7, 11) is 0. The number of rotatable bonds is 5. The van der Waals surface area contributed by atoms with E-state index >= 15 is 0 Å². The average Bonchev–Trinajstić information content (AvgIpc) is 2.59. The van der Waals surface area contributed by atoms with Gasteiger partial charge in [0.1, 0.15) is 0 Å².